The van der Waals surface area contributed by atoms with Gasteiger partial charge in [0.1, 0.15) is 6.29 Å². The van der Waals surface area contributed by atoms with Crippen molar-refractivity contribution in [2.24, 2.45) is 11.8 Å². The van der Waals surface area contributed by atoms with Crippen LogP contribution in [0.2, 0.25) is 0 Å². The van der Waals surface area contributed by atoms with Gasteiger partial charge in [-0.3, -0.25) is 14.5 Å². The molecular formula is C20H15NO3. The third-order valence-electron chi connectivity index (χ3n) is 6.09. The number of imide groups is 1. The maximum atomic E-state index is 12.9. The van der Waals surface area contributed by atoms with Gasteiger partial charge in [-0.05, 0) is 22.3 Å². The van der Waals surface area contributed by atoms with Crippen LogP contribution in [0, 0.1) is 11.8 Å². The fourth-order valence-electron chi connectivity index (χ4n) is 5.17. The summed E-state index contributed by atoms with van der Waals surface area (Å²) in [6.45, 7) is 0. The maximum absolute atomic E-state index is 12.9. The van der Waals surface area contributed by atoms with Gasteiger partial charge in [-0.1, -0.05) is 48.5 Å². The molecule has 2 aromatic rings. The van der Waals surface area contributed by atoms with E-state index in [-0.39, 0.29) is 17.7 Å². The molecule has 118 valence electrons. The number of aldehydes is 1. The van der Waals surface area contributed by atoms with Crippen molar-refractivity contribution < 1.29 is 14.4 Å². The molecule has 1 saturated heterocycles. The number of nitrogens with zero attached hydrogens (tertiary/aromatic N) is 1. The van der Waals surface area contributed by atoms with Gasteiger partial charge in [-0.25, -0.2) is 0 Å². The Kier molecular flexibility index (Phi) is 2.39. The van der Waals surface area contributed by atoms with Gasteiger partial charge in [0.15, 0.2) is 0 Å². The minimum atomic E-state index is -1.07. The topological polar surface area (TPSA) is 54.5 Å². The summed E-state index contributed by atoms with van der Waals surface area (Å²) in [5.74, 6) is -1.71. The van der Waals surface area contributed by atoms with Gasteiger partial charge >= 0.3 is 0 Å². The molecule has 0 unspecified atom stereocenters. The van der Waals surface area contributed by atoms with E-state index in [1.54, 1.807) is 0 Å². The van der Waals surface area contributed by atoms with Gasteiger partial charge < -0.3 is 4.79 Å². The van der Waals surface area contributed by atoms with Crippen molar-refractivity contribution in [3.63, 3.8) is 0 Å². The van der Waals surface area contributed by atoms with Crippen molar-refractivity contribution in [3.8, 4) is 0 Å². The lowest BCUT2D eigenvalue weighted by atomic mass is 9.48. The minimum Gasteiger partial charge on any atom is -0.302 e. The summed E-state index contributed by atoms with van der Waals surface area (Å²) in [6.07, 6.45) is 0.891. The monoisotopic (exact) mass is 317 g/mol. The first-order chi connectivity index (χ1) is 11.6. The molecule has 1 heterocycles. The number of hydrogen-bond acceptors (Lipinski definition) is 3. The van der Waals surface area contributed by atoms with Crippen molar-refractivity contribution in [1.29, 1.82) is 0 Å². The molecule has 2 amide bonds. The zero-order valence-electron chi connectivity index (χ0n) is 13.1. The molecule has 2 aromatic carbocycles. The number of amides is 2. The Hall–Kier alpha value is -2.75. The lowest BCUT2D eigenvalue weighted by Crippen LogP contribution is -2.54. The van der Waals surface area contributed by atoms with E-state index in [4.69, 9.17) is 0 Å². The van der Waals surface area contributed by atoms with Crippen molar-refractivity contribution in [2.45, 2.75) is 11.3 Å². The largest absolute Gasteiger partial charge is 0.302 e. The number of likely N-dealkylation sites (tertiary alicyclic amines) is 1. The van der Waals surface area contributed by atoms with Crippen LogP contribution in [0.5, 0.6) is 0 Å². The first-order valence-corrected chi connectivity index (χ1v) is 8.09. The average molecular weight is 317 g/mol. The molecule has 0 spiro atoms. The van der Waals surface area contributed by atoms with E-state index in [0.717, 1.165) is 28.5 Å². The van der Waals surface area contributed by atoms with Crippen LogP contribution in [-0.4, -0.2) is 30.0 Å². The van der Waals surface area contributed by atoms with E-state index >= 15 is 0 Å². The normalized spacial score (nSPS) is 32.4. The molecular weight excluding hydrogens is 302 g/mol. The standard InChI is InChI=1S/C20H15NO3/c1-21-18(23)16-15-11-6-2-4-8-13(11)20(10-22,17(16)19(21)24)14-9-5-3-7-12(14)15/h2-10,15-17H,1H3/t15?,16-,17-,20?/m0/s1. The quantitative estimate of drug-likeness (QED) is 0.596. The number of carbonyl (C=O) groups excluding carboxylic acids is 3. The van der Waals surface area contributed by atoms with Crippen LogP contribution in [-0.2, 0) is 19.8 Å². The summed E-state index contributed by atoms with van der Waals surface area (Å²) >= 11 is 0. The maximum Gasteiger partial charge on any atom is 0.234 e. The van der Waals surface area contributed by atoms with E-state index < -0.39 is 17.3 Å². The van der Waals surface area contributed by atoms with E-state index in [1.807, 2.05) is 48.5 Å². The predicted octanol–water partition coefficient (Wildman–Crippen LogP) is 1.86. The molecule has 1 fully saturated rings. The molecule has 4 aliphatic rings. The number of hydrogen-bond donors (Lipinski definition) is 0. The summed E-state index contributed by atoms with van der Waals surface area (Å²) in [7, 11) is 1.52. The Balaban J connectivity index is 1.96. The van der Waals surface area contributed by atoms with E-state index in [0.29, 0.717) is 0 Å². The van der Waals surface area contributed by atoms with Gasteiger partial charge in [0.2, 0.25) is 11.8 Å². The van der Waals surface area contributed by atoms with Crippen molar-refractivity contribution in [2.75, 3.05) is 7.05 Å². The van der Waals surface area contributed by atoms with Crippen LogP contribution >= 0.6 is 0 Å². The Morgan fingerprint density at radius 2 is 1.46 bits per heavy atom. The second kappa shape index (κ2) is 4.20. The highest BCUT2D eigenvalue weighted by atomic mass is 16.2. The highest BCUT2D eigenvalue weighted by Crippen LogP contribution is 2.62. The number of rotatable bonds is 1. The molecule has 2 bridgehead atoms. The number of benzene rings is 2. The Bertz CT molecular complexity index is 884. The smallest absolute Gasteiger partial charge is 0.234 e. The zero-order chi connectivity index (χ0) is 16.6. The summed E-state index contributed by atoms with van der Waals surface area (Å²) in [5, 5.41) is 0. The highest BCUT2D eigenvalue weighted by Gasteiger charge is 2.67. The van der Waals surface area contributed by atoms with Crippen LogP contribution in [0.4, 0.5) is 0 Å². The zero-order valence-corrected chi connectivity index (χ0v) is 13.1. The summed E-state index contributed by atoms with van der Waals surface area (Å²) in [4.78, 5) is 39.4. The third kappa shape index (κ3) is 1.23. The highest BCUT2D eigenvalue weighted by molar-refractivity contribution is 6.10. The lowest BCUT2D eigenvalue weighted by molar-refractivity contribution is -0.139. The summed E-state index contributed by atoms with van der Waals surface area (Å²) in [6, 6.07) is 15.5. The van der Waals surface area contributed by atoms with E-state index in [9.17, 15) is 14.4 Å². The first kappa shape index (κ1) is 13.7. The van der Waals surface area contributed by atoms with Crippen molar-refractivity contribution in [1.82, 2.24) is 4.90 Å². The van der Waals surface area contributed by atoms with Gasteiger partial charge in [-0.2, -0.15) is 0 Å². The predicted molar refractivity (Wildman–Crippen MR) is 86.3 cm³/mol. The molecule has 4 nitrogen and oxygen atoms in total. The summed E-state index contributed by atoms with van der Waals surface area (Å²) < 4.78 is 0. The SMILES string of the molecule is CN1C(=O)[C@@H]2[C@@H](C1=O)C1c3ccccc3C2(C=O)c2ccccc21. The van der Waals surface area contributed by atoms with Crippen LogP contribution in [0.15, 0.2) is 48.5 Å². The van der Waals surface area contributed by atoms with E-state index in [2.05, 4.69) is 0 Å². The second-order valence-electron chi connectivity index (χ2n) is 6.88. The van der Waals surface area contributed by atoms with E-state index in [1.165, 1.54) is 11.9 Å². The van der Waals surface area contributed by atoms with Crippen LogP contribution in [0.3, 0.4) is 0 Å². The molecule has 2 atom stereocenters. The molecule has 0 radical (unpaired) electrons. The molecule has 6 rings (SSSR count). The summed E-state index contributed by atoms with van der Waals surface area (Å²) in [5.41, 5.74) is 2.69. The molecule has 3 aliphatic carbocycles. The fourth-order valence-corrected chi connectivity index (χ4v) is 5.17. The fraction of sp³-hybridized carbons (Fsp3) is 0.250. The minimum absolute atomic E-state index is 0.161. The first-order valence-electron chi connectivity index (χ1n) is 8.09. The molecule has 0 saturated carbocycles. The Labute approximate surface area is 139 Å². The molecule has 1 aliphatic heterocycles. The van der Waals surface area contributed by atoms with Gasteiger partial charge in [0, 0.05) is 13.0 Å². The third-order valence-corrected chi connectivity index (χ3v) is 6.09. The van der Waals surface area contributed by atoms with Crippen LogP contribution in [0.1, 0.15) is 28.2 Å². The van der Waals surface area contributed by atoms with Gasteiger partial charge in [0.05, 0.1) is 17.3 Å². The molecule has 4 heteroatoms. The second-order valence-corrected chi connectivity index (χ2v) is 6.88. The molecule has 0 N–H and O–H groups in total. The number of carbonyl (C=O) groups is 3. The lowest BCUT2D eigenvalue weighted by Gasteiger charge is -2.51. The van der Waals surface area contributed by atoms with Gasteiger partial charge in [0.25, 0.3) is 0 Å². The Morgan fingerprint density at radius 1 is 0.917 bits per heavy atom. The van der Waals surface area contributed by atoms with Crippen molar-refractivity contribution >= 4 is 18.1 Å². The van der Waals surface area contributed by atoms with Crippen LogP contribution in [0.25, 0.3) is 0 Å². The molecule has 24 heavy (non-hydrogen) atoms. The average Bonchev–Trinajstić information content (AvgIpc) is 2.87. The van der Waals surface area contributed by atoms with Crippen molar-refractivity contribution in [3.05, 3.63) is 70.8 Å². The molecule has 0 aromatic heterocycles. The van der Waals surface area contributed by atoms with Crippen LogP contribution < -0.4 is 0 Å². The van der Waals surface area contributed by atoms with Gasteiger partial charge in [-0.15, -0.1) is 0 Å². The Morgan fingerprint density at radius 3 is 2.00 bits per heavy atom.